The van der Waals surface area contributed by atoms with Crippen molar-refractivity contribution in [3.63, 3.8) is 0 Å². The molecule has 0 aromatic carbocycles. The van der Waals surface area contributed by atoms with Gasteiger partial charge in [-0.05, 0) is 11.8 Å². The van der Waals surface area contributed by atoms with Crippen LogP contribution in [0.4, 0.5) is 0 Å². The van der Waals surface area contributed by atoms with Crippen molar-refractivity contribution in [1.82, 2.24) is 5.32 Å². The van der Waals surface area contributed by atoms with Crippen LogP contribution in [-0.2, 0) is 14.3 Å². The first kappa shape index (κ1) is 15.9. The second kappa shape index (κ2) is 8.06. The van der Waals surface area contributed by atoms with Gasteiger partial charge < -0.3 is 15.2 Å². The summed E-state index contributed by atoms with van der Waals surface area (Å²) in [6.07, 6.45) is 0.999. The van der Waals surface area contributed by atoms with E-state index in [2.05, 4.69) is 5.32 Å². The van der Waals surface area contributed by atoms with Gasteiger partial charge in [0.2, 0.25) is 5.91 Å². The zero-order valence-electron chi connectivity index (χ0n) is 11.0. The summed E-state index contributed by atoms with van der Waals surface area (Å²) in [6.45, 7) is 6.11. The Labute approximate surface area is 103 Å². The molecule has 5 nitrogen and oxygen atoms in total. The topological polar surface area (TPSA) is 75.6 Å². The summed E-state index contributed by atoms with van der Waals surface area (Å²) in [5.41, 5.74) is 0. The molecular weight excluding hydrogens is 222 g/mol. The third-order valence-corrected chi connectivity index (χ3v) is 2.78. The van der Waals surface area contributed by atoms with Gasteiger partial charge in [-0.2, -0.15) is 0 Å². The predicted octanol–water partition coefficient (Wildman–Crippen LogP) is 1.27. The summed E-state index contributed by atoms with van der Waals surface area (Å²) in [6, 6.07) is -0.803. The van der Waals surface area contributed by atoms with Gasteiger partial charge in [0.25, 0.3) is 0 Å². The van der Waals surface area contributed by atoms with Gasteiger partial charge >= 0.3 is 5.97 Å². The van der Waals surface area contributed by atoms with Gasteiger partial charge in [-0.3, -0.25) is 4.79 Å². The fourth-order valence-electron chi connectivity index (χ4n) is 1.58. The third-order valence-electron chi connectivity index (χ3n) is 2.78. The number of hydrogen-bond donors (Lipinski definition) is 2. The van der Waals surface area contributed by atoms with Crippen molar-refractivity contribution in [3.05, 3.63) is 0 Å². The molecule has 1 amide bonds. The maximum atomic E-state index is 11.6. The van der Waals surface area contributed by atoms with Crippen molar-refractivity contribution in [3.8, 4) is 0 Å². The monoisotopic (exact) mass is 245 g/mol. The van der Waals surface area contributed by atoms with E-state index in [4.69, 9.17) is 9.84 Å². The number of nitrogens with one attached hydrogen (secondary N) is 1. The average Bonchev–Trinajstić information content (AvgIpc) is 2.24. The molecule has 0 fully saturated rings. The van der Waals surface area contributed by atoms with Crippen LogP contribution in [0, 0.1) is 11.8 Å². The maximum absolute atomic E-state index is 11.6. The van der Waals surface area contributed by atoms with E-state index in [0.717, 1.165) is 0 Å². The molecule has 1 unspecified atom stereocenters. The number of aliphatic carboxylic acids is 1. The number of carboxylic acid groups (broad SMARTS) is 1. The number of amides is 1. The number of hydrogen-bond acceptors (Lipinski definition) is 3. The molecule has 3 atom stereocenters. The van der Waals surface area contributed by atoms with Crippen molar-refractivity contribution < 1.29 is 19.4 Å². The van der Waals surface area contributed by atoms with E-state index >= 15 is 0 Å². The lowest BCUT2D eigenvalue weighted by molar-refractivity contribution is -0.143. The van der Waals surface area contributed by atoms with Crippen LogP contribution < -0.4 is 5.32 Å². The number of rotatable bonds is 8. The molecule has 0 aliphatic rings. The number of carboxylic acids is 1. The van der Waals surface area contributed by atoms with E-state index in [1.807, 2.05) is 20.8 Å². The third kappa shape index (κ3) is 6.26. The minimum Gasteiger partial charge on any atom is -0.480 e. The summed E-state index contributed by atoms with van der Waals surface area (Å²) < 4.78 is 4.93. The van der Waals surface area contributed by atoms with Crippen LogP contribution in [0.15, 0.2) is 0 Å². The van der Waals surface area contributed by atoms with Gasteiger partial charge in [0.15, 0.2) is 0 Å². The Balaban J connectivity index is 4.27. The van der Waals surface area contributed by atoms with Crippen LogP contribution in [-0.4, -0.2) is 36.7 Å². The minimum atomic E-state index is -0.980. The highest BCUT2D eigenvalue weighted by Crippen LogP contribution is 2.09. The fourth-order valence-corrected chi connectivity index (χ4v) is 1.58. The second-order valence-electron chi connectivity index (χ2n) is 4.53. The molecule has 100 valence electrons. The van der Waals surface area contributed by atoms with Crippen LogP contribution in [0.2, 0.25) is 0 Å². The number of carbonyl (C=O) groups excluding carboxylic acids is 1. The summed E-state index contributed by atoms with van der Waals surface area (Å²) in [5, 5.41) is 11.6. The fraction of sp³-hybridized carbons (Fsp3) is 0.833. The number of carbonyl (C=O) groups is 2. The SMILES string of the molecule is CC[C@H](C)[C@H](NC(=O)CC(C)COC)C(=O)O. The summed E-state index contributed by atoms with van der Waals surface area (Å²) in [4.78, 5) is 22.6. The van der Waals surface area contributed by atoms with Gasteiger partial charge in [0.05, 0.1) is 0 Å². The van der Waals surface area contributed by atoms with Gasteiger partial charge in [0.1, 0.15) is 6.04 Å². The van der Waals surface area contributed by atoms with Crippen molar-refractivity contribution in [2.24, 2.45) is 11.8 Å². The quantitative estimate of drug-likeness (QED) is 0.675. The Kier molecular flexibility index (Phi) is 7.54. The van der Waals surface area contributed by atoms with Gasteiger partial charge in [0, 0.05) is 20.1 Å². The van der Waals surface area contributed by atoms with E-state index in [0.29, 0.717) is 13.0 Å². The molecule has 0 spiro atoms. The maximum Gasteiger partial charge on any atom is 0.326 e. The lowest BCUT2D eigenvalue weighted by Crippen LogP contribution is -2.45. The van der Waals surface area contributed by atoms with Crippen LogP contribution in [0.25, 0.3) is 0 Å². The Morgan fingerprint density at radius 3 is 2.35 bits per heavy atom. The van der Waals surface area contributed by atoms with Gasteiger partial charge in [-0.15, -0.1) is 0 Å². The first-order chi connectivity index (χ1) is 7.92. The molecule has 0 aromatic heterocycles. The van der Waals surface area contributed by atoms with Crippen LogP contribution in [0.5, 0.6) is 0 Å². The summed E-state index contributed by atoms with van der Waals surface area (Å²) in [7, 11) is 1.58. The molecule has 0 aliphatic carbocycles. The lowest BCUT2D eigenvalue weighted by Gasteiger charge is -2.21. The Morgan fingerprint density at radius 1 is 1.35 bits per heavy atom. The van der Waals surface area contributed by atoms with E-state index in [1.165, 1.54) is 0 Å². The smallest absolute Gasteiger partial charge is 0.326 e. The molecule has 5 heteroatoms. The number of ether oxygens (including phenoxy) is 1. The van der Waals surface area contributed by atoms with Crippen molar-refractivity contribution in [1.29, 1.82) is 0 Å². The molecule has 2 N–H and O–H groups in total. The molecule has 0 aromatic rings. The van der Waals surface area contributed by atoms with Crippen LogP contribution in [0.3, 0.4) is 0 Å². The van der Waals surface area contributed by atoms with E-state index < -0.39 is 12.0 Å². The van der Waals surface area contributed by atoms with Crippen LogP contribution in [0.1, 0.15) is 33.6 Å². The highest BCUT2D eigenvalue weighted by atomic mass is 16.5. The molecule has 17 heavy (non-hydrogen) atoms. The Morgan fingerprint density at radius 2 is 1.94 bits per heavy atom. The van der Waals surface area contributed by atoms with E-state index in [9.17, 15) is 9.59 Å². The van der Waals surface area contributed by atoms with Gasteiger partial charge in [-0.25, -0.2) is 4.79 Å². The molecule has 0 radical (unpaired) electrons. The van der Waals surface area contributed by atoms with E-state index in [-0.39, 0.29) is 24.2 Å². The predicted molar refractivity (Wildman–Crippen MR) is 64.7 cm³/mol. The van der Waals surface area contributed by atoms with Crippen molar-refractivity contribution in [2.45, 2.75) is 39.7 Å². The molecule has 0 aliphatic heterocycles. The van der Waals surface area contributed by atoms with Gasteiger partial charge in [-0.1, -0.05) is 27.2 Å². The largest absolute Gasteiger partial charge is 0.480 e. The molecule has 0 saturated heterocycles. The first-order valence-corrected chi connectivity index (χ1v) is 5.93. The van der Waals surface area contributed by atoms with Crippen molar-refractivity contribution >= 4 is 11.9 Å². The molecular formula is C12H23NO4. The Bertz CT molecular complexity index is 255. The normalized spacial score (nSPS) is 16.0. The summed E-state index contributed by atoms with van der Waals surface area (Å²) >= 11 is 0. The number of methoxy groups -OCH3 is 1. The highest BCUT2D eigenvalue weighted by molar-refractivity contribution is 5.83. The standard InChI is InChI=1S/C12H23NO4/c1-5-9(3)11(12(15)16)13-10(14)6-8(2)7-17-4/h8-9,11H,5-7H2,1-4H3,(H,13,14)(H,15,16)/t8?,9-,11-/m0/s1. The highest BCUT2D eigenvalue weighted by Gasteiger charge is 2.25. The Hall–Kier alpha value is -1.10. The minimum absolute atomic E-state index is 0.0748. The van der Waals surface area contributed by atoms with E-state index in [1.54, 1.807) is 7.11 Å². The van der Waals surface area contributed by atoms with Crippen LogP contribution >= 0.6 is 0 Å². The second-order valence-corrected chi connectivity index (χ2v) is 4.53. The van der Waals surface area contributed by atoms with Crippen molar-refractivity contribution in [2.75, 3.05) is 13.7 Å². The molecule has 0 saturated carbocycles. The zero-order valence-corrected chi connectivity index (χ0v) is 11.0. The zero-order chi connectivity index (χ0) is 13.4. The lowest BCUT2D eigenvalue weighted by atomic mass is 9.98. The molecule has 0 bridgehead atoms. The average molecular weight is 245 g/mol. The molecule has 0 heterocycles. The summed E-state index contributed by atoms with van der Waals surface area (Å²) in [5.74, 6) is -1.20. The first-order valence-electron chi connectivity index (χ1n) is 5.93. The molecule has 0 rings (SSSR count).